The number of hydrogen-bond donors (Lipinski definition) is 1. The minimum absolute atomic E-state index is 0.221. The zero-order chi connectivity index (χ0) is 13.1. The van der Waals surface area contributed by atoms with Gasteiger partial charge in [-0.2, -0.15) is 0 Å². The van der Waals surface area contributed by atoms with Crippen molar-refractivity contribution in [2.45, 2.75) is 19.6 Å². The standard InChI is InChI=1S/C13H21NO3/c1-9-6-11(12(15-3)7-10(9)2)13(8-14,16-4)17-5/h6-7H,8,14H2,1-5H3. The van der Waals surface area contributed by atoms with Crippen molar-refractivity contribution in [3.05, 3.63) is 28.8 Å². The maximum absolute atomic E-state index is 5.77. The second-order valence-electron chi connectivity index (χ2n) is 4.00. The van der Waals surface area contributed by atoms with Gasteiger partial charge in [-0.05, 0) is 37.1 Å². The summed E-state index contributed by atoms with van der Waals surface area (Å²) in [6, 6.07) is 3.96. The lowest BCUT2D eigenvalue weighted by molar-refractivity contribution is -0.208. The molecule has 0 aliphatic rings. The Morgan fingerprint density at radius 2 is 1.59 bits per heavy atom. The molecule has 4 heteroatoms. The van der Waals surface area contributed by atoms with Crippen molar-refractivity contribution in [1.82, 2.24) is 0 Å². The van der Waals surface area contributed by atoms with Crippen molar-refractivity contribution in [3.63, 3.8) is 0 Å². The van der Waals surface area contributed by atoms with Crippen LogP contribution < -0.4 is 10.5 Å². The molecule has 4 nitrogen and oxygen atoms in total. The second kappa shape index (κ2) is 5.49. The molecule has 2 N–H and O–H groups in total. The van der Waals surface area contributed by atoms with Crippen LogP contribution in [0.4, 0.5) is 0 Å². The Hall–Kier alpha value is -1.10. The molecule has 0 aliphatic heterocycles. The van der Waals surface area contributed by atoms with Gasteiger partial charge in [0.05, 0.1) is 19.2 Å². The molecule has 0 amide bonds. The molecule has 0 saturated carbocycles. The smallest absolute Gasteiger partial charge is 0.210 e. The van der Waals surface area contributed by atoms with Crippen molar-refractivity contribution in [2.75, 3.05) is 27.9 Å². The Morgan fingerprint density at radius 3 is 2.00 bits per heavy atom. The summed E-state index contributed by atoms with van der Waals surface area (Å²) in [7, 11) is 4.77. The monoisotopic (exact) mass is 239 g/mol. The first-order valence-electron chi connectivity index (χ1n) is 5.50. The normalized spacial score (nSPS) is 11.6. The van der Waals surface area contributed by atoms with Gasteiger partial charge in [-0.25, -0.2) is 0 Å². The van der Waals surface area contributed by atoms with Crippen LogP contribution in [0.25, 0.3) is 0 Å². The lowest BCUT2D eigenvalue weighted by Gasteiger charge is -2.31. The first-order chi connectivity index (χ1) is 8.04. The Balaban J connectivity index is 3.41. The van der Waals surface area contributed by atoms with Crippen molar-refractivity contribution >= 4 is 0 Å². The number of aryl methyl sites for hydroxylation is 2. The van der Waals surface area contributed by atoms with Crippen molar-refractivity contribution in [1.29, 1.82) is 0 Å². The van der Waals surface area contributed by atoms with E-state index in [2.05, 4.69) is 0 Å². The van der Waals surface area contributed by atoms with E-state index in [-0.39, 0.29) is 6.54 Å². The number of benzene rings is 1. The summed E-state index contributed by atoms with van der Waals surface area (Å²) in [5.41, 5.74) is 8.88. The molecule has 1 aromatic carbocycles. The number of hydrogen-bond acceptors (Lipinski definition) is 4. The fourth-order valence-electron chi connectivity index (χ4n) is 1.84. The van der Waals surface area contributed by atoms with E-state index in [1.54, 1.807) is 21.3 Å². The van der Waals surface area contributed by atoms with E-state index < -0.39 is 5.79 Å². The van der Waals surface area contributed by atoms with Crippen molar-refractivity contribution in [2.24, 2.45) is 5.73 Å². The minimum atomic E-state index is -0.955. The molecule has 0 atom stereocenters. The van der Waals surface area contributed by atoms with E-state index in [0.717, 1.165) is 22.4 Å². The molecule has 1 rings (SSSR count). The molecule has 0 heterocycles. The third kappa shape index (κ3) is 2.44. The average Bonchev–Trinajstić information content (AvgIpc) is 2.36. The van der Waals surface area contributed by atoms with Crippen molar-refractivity contribution in [3.8, 4) is 5.75 Å². The van der Waals surface area contributed by atoms with E-state index in [1.165, 1.54) is 0 Å². The van der Waals surface area contributed by atoms with Crippen molar-refractivity contribution < 1.29 is 14.2 Å². The van der Waals surface area contributed by atoms with Crippen LogP contribution in [-0.4, -0.2) is 27.9 Å². The Labute approximate surface area is 103 Å². The Bertz CT molecular complexity index is 378. The van der Waals surface area contributed by atoms with Gasteiger partial charge < -0.3 is 19.9 Å². The molecule has 0 bridgehead atoms. The highest BCUT2D eigenvalue weighted by Crippen LogP contribution is 2.34. The molecular weight excluding hydrogens is 218 g/mol. The average molecular weight is 239 g/mol. The summed E-state index contributed by atoms with van der Waals surface area (Å²) >= 11 is 0. The van der Waals surface area contributed by atoms with E-state index in [4.69, 9.17) is 19.9 Å². The zero-order valence-corrected chi connectivity index (χ0v) is 11.2. The third-order valence-corrected chi connectivity index (χ3v) is 3.15. The fourth-order valence-corrected chi connectivity index (χ4v) is 1.84. The van der Waals surface area contributed by atoms with Crippen LogP contribution in [0.15, 0.2) is 12.1 Å². The summed E-state index contributed by atoms with van der Waals surface area (Å²) in [5.74, 6) is -0.230. The highest BCUT2D eigenvalue weighted by molar-refractivity contribution is 5.44. The lowest BCUT2D eigenvalue weighted by atomic mass is 9.98. The van der Waals surface area contributed by atoms with E-state index in [9.17, 15) is 0 Å². The summed E-state index contributed by atoms with van der Waals surface area (Å²) in [4.78, 5) is 0. The second-order valence-corrected chi connectivity index (χ2v) is 4.00. The summed E-state index contributed by atoms with van der Waals surface area (Å²) in [5, 5.41) is 0. The van der Waals surface area contributed by atoms with E-state index in [1.807, 2.05) is 26.0 Å². The van der Waals surface area contributed by atoms with Crippen LogP contribution in [0.2, 0.25) is 0 Å². The van der Waals surface area contributed by atoms with Crippen LogP contribution >= 0.6 is 0 Å². The first kappa shape index (κ1) is 14.0. The number of ether oxygens (including phenoxy) is 3. The maximum Gasteiger partial charge on any atom is 0.210 e. The minimum Gasteiger partial charge on any atom is -0.496 e. The van der Waals surface area contributed by atoms with Crippen LogP contribution in [-0.2, 0) is 15.3 Å². The number of rotatable bonds is 5. The molecule has 1 aromatic rings. The van der Waals surface area contributed by atoms with Gasteiger partial charge in [-0.15, -0.1) is 0 Å². The number of nitrogens with two attached hydrogens (primary N) is 1. The molecule has 0 radical (unpaired) electrons. The number of methoxy groups -OCH3 is 3. The molecule has 0 fully saturated rings. The molecular formula is C13H21NO3. The van der Waals surface area contributed by atoms with Gasteiger partial charge in [0.2, 0.25) is 5.79 Å². The predicted octanol–water partition coefficient (Wildman–Crippen LogP) is 1.72. The van der Waals surface area contributed by atoms with Crippen LogP contribution in [0, 0.1) is 13.8 Å². The van der Waals surface area contributed by atoms with Gasteiger partial charge in [0.15, 0.2) is 0 Å². The SMILES string of the molecule is COc1cc(C)c(C)cc1C(CN)(OC)OC. The largest absolute Gasteiger partial charge is 0.496 e. The summed E-state index contributed by atoms with van der Waals surface area (Å²) < 4.78 is 16.2. The van der Waals surface area contributed by atoms with Gasteiger partial charge in [0.1, 0.15) is 5.75 Å². The van der Waals surface area contributed by atoms with Crippen LogP contribution in [0.3, 0.4) is 0 Å². The van der Waals surface area contributed by atoms with Gasteiger partial charge in [-0.1, -0.05) is 0 Å². The molecule has 0 aliphatic carbocycles. The zero-order valence-electron chi connectivity index (χ0n) is 11.2. The van der Waals surface area contributed by atoms with Gasteiger partial charge in [-0.3, -0.25) is 0 Å². The van der Waals surface area contributed by atoms with Crippen LogP contribution in [0.1, 0.15) is 16.7 Å². The molecule has 0 unspecified atom stereocenters. The summed E-state index contributed by atoms with van der Waals surface area (Å²) in [6.45, 7) is 4.29. The summed E-state index contributed by atoms with van der Waals surface area (Å²) in [6.07, 6.45) is 0. The van der Waals surface area contributed by atoms with E-state index >= 15 is 0 Å². The van der Waals surface area contributed by atoms with Gasteiger partial charge >= 0.3 is 0 Å². The Morgan fingerprint density at radius 1 is 1.06 bits per heavy atom. The highest BCUT2D eigenvalue weighted by Gasteiger charge is 2.34. The van der Waals surface area contributed by atoms with Gasteiger partial charge in [0.25, 0.3) is 0 Å². The molecule has 96 valence electrons. The molecule has 0 spiro atoms. The maximum atomic E-state index is 5.77. The molecule has 17 heavy (non-hydrogen) atoms. The third-order valence-electron chi connectivity index (χ3n) is 3.15. The highest BCUT2D eigenvalue weighted by atomic mass is 16.7. The van der Waals surface area contributed by atoms with Gasteiger partial charge in [0, 0.05) is 14.2 Å². The first-order valence-corrected chi connectivity index (χ1v) is 5.50. The lowest BCUT2D eigenvalue weighted by Crippen LogP contribution is -2.39. The fraction of sp³-hybridized carbons (Fsp3) is 0.538. The van der Waals surface area contributed by atoms with E-state index in [0.29, 0.717) is 0 Å². The topological polar surface area (TPSA) is 53.7 Å². The quantitative estimate of drug-likeness (QED) is 0.795. The molecule has 0 saturated heterocycles. The Kier molecular flexibility index (Phi) is 4.51. The van der Waals surface area contributed by atoms with Crippen LogP contribution in [0.5, 0.6) is 5.75 Å². The molecule has 0 aromatic heterocycles. The predicted molar refractivity (Wildman–Crippen MR) is 67.2 cm³/mol.